The number of nitrogens with one attached hydrogen (secondary N) is 1. The molecule has 102 valence electrons. The Bertz CT molecular complexity index is 329. The monoisotopic (exact) mass is 258 g/mol. The highest BCUT2D eigenvalue weighted by molar-refractivity contribution is 5.86. The molecule has 0 aromatic carbocycles. The molecule has 0 fully saturated rings. The Balaban J connectivity index is 4.27. The van der Waals surface area contributed by atoms with Gasteiger partial charge in [0.15, 0.2) is 0 Å². The highest BCUT2D eigenvalue weighted by Crippen LogP contribution is 1.97. The summed E-state index contributed by atoms with van der Waals surface area (Å²) in [4.78, 5) is 34.1. The summed E-state index contributed by atoms with van der Waals surface area (Å²) in [6.45, 7) is 3.99. The summed E-state index contributed by atoms with van der Waals surface area (Å²) in [7, 11) is 1.51. The van der Waals surface area contributed by atoms with E-state index in [1.807, 2.05) is 0 Å². The van der Waals surface area contributed by atoms with Crippen LogP contribution in [0.15, 0.2) is 12.7 Å². The van der Waals surface area contributed by atoms with Gasteiger partial charge in [0, 0.05) is 13.6 Å². The van der Waals surface area contributed by atoms with Crippen molar-refractivity contribution in [2.45, 2.75) is 25.3 Å². The number of carbonyl (C=O) groups excluding carboxylic acids is 1. The zero-order valence-corrected chi connectivity index (χ0v) is 10.3. The third-order valence-electron chi connectivity index (χ3n) is 2.22. The summed E-state index contributed by atoms with van der Waals surface area (Å²) in [5.41, 5.74) is 0. The number of hydrogen-bond acceptors (Lipinski definition) is 3. The summed E-state index contributed by atoms with van der Waals surface area (Å²) in [5, 5.41) is 19.4. The molecule has 7 nitrogen and oxygen atoms in total. The standard InChI is InChI=1S/C11H18N2O5/c1-3-4-5-6-13(2)11(18)12-8(10(16)17)7-9(14)15/h3,8H,1,4-7H2,2H3,(H,12,18)(H,14,15)(H,16,17)/t8-/m0/s1. The molecule has 0 spiro atoms. The summed E-state index contributed by atoms with van der Waals surface area (Å²) in [6.07, 6.45) is 2.52. The topological polar surface area (TPSA) is 107 Å². The second kappa shape index (κ2) is 8.10. The van der Waals surface area contributed by atoms with Gasteiger partial charge in [-0.05, 0) is 12.8 Å². The first-order chi connectivity index (χ1) is 8.38. The van der Waals surface area contributed by atoms with E-state index in [0.717, 1.165) is 6.42 Å². The fourth-order valence-electron chi connectivity index (χ4n) is 1.21. The van der Waals surface area contributed by atoms with E-state index in [1.165, 1.54) is 11.9 Å². The number of carboxylic acids is 2. The van der Waals surface area contributed by atoms with E-state index < -0.39 is 30.4 Å². The molecular weight excluding hydrogens is 240 g/mol. The summed E-state index contributed by atoms with van der Waals surface area (Å²) in [6, 6.07) is -2.02. The molecule has 3 N–H and O–H groups in total. The van der Waals surface area contributed by atoms with Crippen molar-refractivity contribution < 1.29 is 24.6 Å². The molecule has 0 saturated carbocycles. The third kappa shape index (κ3) is 6.51. The van der Waals surface area contributed by atoms with E-state index in [9.17, 15) is 14.4 Å². The average Bonchev–Trinajstić information content (AvgIpc) is 2.27. The van der Waals surface area contributed by atoms with Gasteiger partial charge in [0.2, 0.25) is 0 Å². The van der Waals surface area contributed by atoms with E-state index in [-0.39, 0.29) is 0 Å². The smallest absolute Gasteiger partial charge is 0.326 e. The van der Waals surface area contributed by atoms with Gasteiger partial charge < -0.3 is 20.4 Å². The van der Waals surface area contributed by atoms with E-state index in [2.05, 4.69) is 11.9 Å². The van der Waals surface area contributed by atoms with Gasteiger partial charge in [-0.25, -0.2) is 9.59 Å². The van der Waals surface area contributed by atoms with Gasteiger partial charge in [-0.1, -0.05) is 6.08 Å². The highest BCUT2D eigenvalue weighted by atomic mass is 16.4. The van der Waals surface area contributed by atoms with E-state index in [1.54, 1.807) is 6.08 Å². The number of amides is 2. The molecular formula is C11H18N2O5. The zero-order chi connectivity index (χ0) is 14.1. The fourth-order valence-corrected chi connectivity index (χ4v) is 1.21. The molecule has 2 amide bonds. The summed E-state index contributed by atoms with van der Waals surface area (Å²) < 4.78 is 0. The van der Waals surface area contributed by atoms with Crippen LogP contribution in [0.5, 0.6) is 0 Å². The van der Waals surface area contributed by atoms with Crippen molar-refractivity contribution >= 4 is 18.0 Å². The second-order valence-electron chi connectivity index (χ2n) is 3.79. The fraction of sp³-hybridized carbons (Fsp3) is 0.545. The Labute approximate surface area is 105 Å². The molecule has 1 atom stereocenters. The number of urea groups is 1. The zero-order valence-electron chi connectivity index (χ0n) is 10.3. The molecule has 0 heterocycles. The van der Waals surface area contributed by atoms with Crippen LogP contribution in [-0.4, -0.2) is 52.7 Å². The van der Waals surface area contributed by atoms with Gasteiger partial charge in [0.05, 0.1) is 6.42 Å². The second-order valence-corrected chi connectivity index (χ2v) is 3.79. The lowest BCUT2D eigenvalue weighted by atomic mass is 10.2. The van der Waals surface area contributed by atoms with Crippen molar-refractivity contribution in [2.75, 3.05) is 13.6 Å². The van der Waals surface area contributed by atoms with Crippen LogP contribution in [0.4, 0.5) is 4.79 Å². The minimum absolute atomic E-state index is 0.442. The minimum Gasteiger partial charge on any atom is -0.481 e. The Morgan fingerprint density at radius 3 is 2.44 bits per heavy atom. The van der Waals surface area contributed by atoms with Crippen LogP contribution in [0.25, 0.3) is 0 Å². The lowest BCUT2D eigenvalue weighted by Gasteiger charge is -2.20. The number of aliphatic carboxylic acids is 2. The first-order valence-electron chi connectivity index (χ1n) is 5.45. The molecule has 0 unspecified atom stereocenters. The van der Waals surface area contributed by atoms with Gasteiger partial charge in [-0.2, -0.15) is 0 Å². The number of carboxylic acid groups (broad SMARTS) is 2. The molecule has 0 bridgehead atoms. The maximum absolute atomic E-state index is 11.6. The number of allylic oxidation sites excluding steroid dienone is 1. The highest BCUT2D eigenvalue weighted by Gasteiger charge is 2.24. The normalized spacial score (nSPS) is 11.4. The van der Waals surface area contributed by atoms with Crippen molar-refractivity contribution in [1.82, 2.24) is 10.2 Å². The number of hydrogen-bond donors (Lipinski definition) is 3. The molecule has 18 heavy (non-hydrogen) atoms. The van der Waals surface area contributed by atoms with Gasteiger partial charge in [-0.15, -0.1) is 6.58 Å². The van der Waals surface area contributed by atoms with Gasteiger partial charge >= 0.3 is 18.0 Å². The Hall–Kier alpha value is -2.05. The molecule has 0 aliphatic carbocycles. The van der Waals surface area contributed by atoms with Crippen LogP contribution in [0.1, 0.15) is 19.3 Å². The van der Waals surface area contributed by atoms with Gasteiger partial charge in [0.25, 0.3) is 0 Å². The number of rotatable bonds is 8. The number of carbonyl (C=O) groups is 3. The van der Waals surface area contributed by atoms with Crippen molar-refractivity contribution in [1.29, 1.82) is 0 Å². The molecule has 0 aromatic rings. The van der Waals surface area contributed by atoms with E-state index in [0.29, 0.717) is 13.0 Å². The predicted molar refractivity (Wildman–Crippen MR) is 64.3 cm³/mol. The SMILES string of the molecule is C=CCCCN(C)C(=O)N[C@@H](CC(=O)O)C(=O)O. The molecule has 0 aromatic heterocycles. The molecule has 0 radical (unpaired) electrons. The lowest BCUT2D eigenvalue weighted by Crippen LogP contribution is -2.47. The first-order valence-corrected chi connectivity index (χ1v) is 5.45. The number of unbranched alkanes of at least 4 members (excludes halogenated alkanes) is 1. The van der Waals surface area contributed by atoms with Gasteiger partial charge in [-0.3, -0.25) is 4.79 Å². The summed E-state index contributed by atoms with van der Waals surface area (Å²) in [5.74, 6) is -2.65. The van der Waals surface area contributed by atoms with Gasteiger partial charge in [0.1, 0.15) is 6.04 Å². The quantitative estimate of drug-likeness (QED) is 0.434. The van der Waals surface area contributed by atoms with Crippen LogP contribution in [0.3, 0.4) is 0 Å². The van der Waals surface area contributed by atoms with Crippen LogP contribution < -0.4 is 5.32 Å². The van der Waals surface area contributed by atoms with Crippen LogP contribution in [0, 0.1) is 0 Å². The minimum atomic E-state index is -1.42. The largest absolute Gasteiger partial charge is 0.481 e. The van der Waals surface area contributed by atoms with Crippen LogP contribution in [-0.2, 0) is 9.59 Å². The van der Waals surface area contributed by atoms with E-state index in [4.69, 9.17) is 10.2 Å². The number of nitrogens with zero attached hydrogens (tertiary/aromatic N) is 1. The summed E-state index contributed by atoms with van der Waals surface area (Å²) >= 11 is 0. The molecule has 0 saturated heterocycles. The maximum Gasteiger partial charge on any atom is 0.326 e. The van der Waals surface area contributed by atoms with Crippen molar-refractivity contribution in [3.63, 3.8) is 0 Å². The van der Waals surface area contributed by atoms with Crippen molar-refractivity contribution in [2.24, 2.45) is 0 Å². The Kier molecular flexibility index (Phi) is 7.18. The molecule has 7 heteroatoms. The lowest BCUT2D eigenvalue weighted by molar-refractivity contribution is -0.145. The molecule has 0 aliphatic heterocycles. The van der Waals surface area contributed by atoms with E-state index >= 15 is 0 Å². The van der Waals surface area contributed by atoms with Crippen LogP contribution in [0.2, 0.25) is 0 Å². The Morgan fingerprint density at radius 2 is 2.00 bits per heavy atom. The predicted octanol–water partition coefficient (Wildman–Crippen LogP) is 0.522. The Morgan fingerprint density at radius 1 is 1.39 bits per heavy atom. The van der Waals surface area contributed by atoms with Crippen molar-refractivity contribution in [3.8, 4) is 0 Å². The average molecular weight is 258 g/mol. The third-order valence-corrected chi connectivity index (χ3v) is 2.22. The molecule has 0 rings (SSSR count). The first kappa shape index (κ1) is 16.0. The molecule has 0 aliphatic rings. The van der Waals surface area contributed by atoms with Crippen LogP contribution >= 0.6 is 0 Å². The van der Waals surface area contributed by atoms with Crippen molar-refractivity contribution in [3.05, 3.63) is 12.7 Å². The maximum atomic E-state index is 11.6.